The van der Waals surface area contributed by atoms with E-state index in [2.05, 4.69) is 4.74 Å². The highest BCUT2D eigenvalue weighted by Gasteiger charge is 2.33. The summed E-state index contributed by atoms with van der Waals surface area (Å²) in [7, 11) is 0. The Labute approximate surface area is 86.2 Å². The topological polar surface area (TPSA) is 99.6 Å². The van der Waals surface area contributed by atoms with Crippen LogP contribution in [0.4, 0.5) is 0 Å². The predicted octanol–water partition coefficient (Wildman–Crippen LogP) is -1.74. The van der Waals surface area contributed by atoms with Crippen LogP contribution in [-0.4, -0.2) is 66.2 Å². The van der Waals surface area contributed by atoms with Crippen LogP contribution >= 0.6 is 0 Å². The summed E-state index contributed by atoms with van der Waals surface area (Å²) in [6.07, 6.45) is -0.303. The number of esters is 1. The second kappa shape index (κ2) is 5.64. The van der Waals surface area contributed by atoms with E-state index in [-0.39, 0.29) is 32.5 Å². The molecule has 2 N–H and O–H groups in total. The molecule has 0 amide bonds. The monoisotopic (exact) mass is 219 g/mol. The van der Waals surface area contributed by atoms with Gasteiger partial charge in [-0.25, -0.2) is 0 Å². The van der Waals surface area contributed by atoms with Crippen molar-refractivity contribution in [3.63, 3.8) is 0 Å². The summed E-state index contributed by atoms with van der Waals surface area (Å²) in [5, 5.41) is 17.0. The van der Waals surface area contributed by atoms with Gasteiger partial charge in [0.25, 0.3) is 0 Å². The third kappa shape index (κ3) is 4.73. The highest BCUT2D eigenvalue weighted by molar-refractivity contribution is 5.74. The maximum atomic E-state index is 11.1. The lowest BCUT2D eigenvalue weighted by Gasteiger charge is -2.15. The number of rotatable bonds is 7. The van der Waals surface area contributed by atoms with Gasteiger partial charge in [0.1, 0.15) is 12.8 Å². The summed E-state index contributed by atoms with van der Waals surface area (Å²) >= 11 is 0. The zero-order valence-corrected chi connectivity index (χ0v) is 8.09. The normalized spacial score (nSPS) is 18.9. The van der Waals surface area contributed by atoms with Crippen LogP contribution in [0, 0.1) is 0 Å². The number of hydrogen-bond donors (Lipinski definition) is 2. The van der Waals surface area contributed by atoms with Gasteiger partial charge in [0.2, 0.25) is 0 Å². The molecule has 1 heterocycles. The van der Waals surface area contributed by atoms with Gasteiger partial charge >= 0.3 is 11.9 Å². The smallest absolute Gasteiger partial charge is 0.320 e. The molecule has 7 heteroatoms. The van der Waals surface area contributed by atoms with Crippen molar-refractivity contribution in [2.75, 3.05) is 32.9 Å². The van der Waals surface area contributed by atoms with E-state index in [0.717, 1.165) is 0 Å². The van der Waals surface area contributed by atoms with Crippen molar-refractivity contribution in [1.29, 1.82) is 0 Å². The molecule has 15 heavy (non-hydrogen) atoms. The largest absolute Gasteiger partial charge is 0.480 e. The number of epoxide rings is 1. The van der Waals surface area contributed by atoms with E-state index < -0.39 is 11.9 Å². The van der Waals surface area contributed by atoms with Gasteiger partial charge in [-0.15, -0.1) is 0 Å². The third-order valence-corrected chi connectivity index (χ3v) is 1.75. The van der Waals surface area contributed by atoms with Crippen molar-refractivity contribution in [3.8, 4) is 0 Å². The quantitative estimate of drug-likeness (QED) is 0.387. The molecule has 0 saturated carbocycles. The third-order valence-electron chi connectivity index (χ3n) is 1.75. The lowest BCUT2D eigenvalue weighted by atomic mass is 10.4. The second-order valence-corrected chi connectivity index (χ2v) is 3.03. The Kier molecular flexibility index (Phi) is 4.47. The number of aliphatic carboxylic acids is 1. The van der Waals surface area contributed by atoms with Crippen molar-refractivity contribution < 1.29 is 29.3 Å². The number of carbonyl (C=O) groups excluding carboxylic acids is 1. The predicted molar refractivity (Wildman–Crippen MR) is 47.0 cm³/mol. The summed E-state index contributed by atoms with van der Waals surface area (Å²) < 4.78 is 9.48. The first-order valence-corrected chi connectivity index (χ1v) is 4.47. The van der Waals surface area contributed by atoms with Gasteiger partial charge in [0.15, 0.2) is 0 Å². The number of carboxylic acid groups (broad SMARTS) is 1. The van der Waals surface area contributed by atoms with Gasteiger partial charge in [0.05, 0.1) is 26.3 Å². The first kappa shape index (κ1) is 11.9. The zero-order valence-electron chi connectivity index (χ0n) is 8.09. The average molecular weight is 219 g/mol. The van der Waals surface area contributed by atoms with Gasteiger partial charge in [-0.1, -0.05) is 0 Å². The van der Waals surface area contributed by atoms with E-state index in [9.17, 15) is 9.59 Å². The molecule has 1 saturated heterocycles. The number of aliphatic hydroxyl groups excluding tert-OH is 1. The van der Waals surface area contributed by atoms with Crippen LogP contribution in [0.5, 0.6) is 0 Å². The molecule has 0 bridgehead atoms. The van der Waals surface area contributed by atoms with Crippen LogP contribution in [-0.2, 0) is 19.1 Å². The highest BCUT2D eigenvalue weighted by Crippen LogP contribution is 2.14. The van der Waals surface area contributed by atoms with Crippen molar-refractivity contribution in [2.45, 2.75) is 6.23 Å². The number of hydrogen-bond acceptors (Lipinski definition) is 6. The Hall–Kier alpha value is -1.18. The number of ether oxygens (including phenoxy) is 2. The molecule has 7 nitrogen and oxygen atoms in total. The maximum Gasteiger partial charge on any atom is 0.320 e. The van der Waals surface area contributed by atoms with Gasteiger partial charge in [-0.3, -0.25) is 14.5 Å². The molecular weight excluding hydrogens is 206 g/mol. The minimum atomic E-state index is -1.03. The molecule has 0 aliphatic carbocycles. The molecule has 1 unspecified atom stereocenters. The second-order valence-electron chi connectivity index (χ2n) is 3.03. The van der Waals surface area contributed by atoms with Crippen LogP contribution in [0.25, 0.3) is 0 Å². The Bertz CT molecular complexity index is 239. The molecule has 0 aromatic carbocycles. The first-order valence-electron chi connectivity index (χ1n) is 4.47. The van der Waals surface area contributed by atoms with Gasteiger partial charge in [0, 0.05) is 0 Å². The number of aliphatic hydroxyl groups is 1. The van der Waals surface area contributed by atoms with Crippen LogP contribution < -0.4 is 0 Å². The van der Waals surface area contributed by atoms with E-state index in [1.807, 2.05) is 0 Å². The molecule has 0 aromatic heterocycles. The molecule has 1 rings (SSSR count). The molecule has 1 atom stereocenters. The minimum absolute atomic E-state index is 0.0781. The van der Waals surface area contributed by atoms with E-state index in [4.69, 9.17) is 14.9 Å². The zero-order chi connectivity index (χ0) is 11.3. The van der Waals surface area contributed by atoms with Gasteiger partial charge in [-0.2, -0.15) is 0 Å². The van der Waals surface area contributed by atoms with Crippen molar-refractivity contribution in [2.24, 2.45) is 0 Å². The van der Waals surface area contributed by atoms with Crippen LogP contribution in [0.1, 0.15) is 0 Å². The van der Waals surface area contributed by atoms with E-state index in [1.54, 1.807) is 0 Å². The number of carbonyl (C=O) groups is 2. The minimum Gasteiger partial charge on any atom is -0.480 e. The summed E-state index contributed by atoms with van der Waals surface area (Å²) in [5.41, 5.74) is 0. The molecule has 0 aromatic rings. The molecule has 0 radical (unpaired) electrons. The van der Waals surface area contributed by atoms with E-state index in [0.29, 0.717) is 6.61 Å². The maximum absolute atomic E-state index is 11.1. The average Bonchev–Trinajstić information content (AvgIpc) is 2.96. The lowest BCUT2D eigenvalue weighted by molar-refractivity contribution is -0.148. The molecule has 86 valence electrons. The molecule has 1 aliphatic rings. The SMILES string of the molecule is O=C(O)CN(CC(=O)OCCO)C1CO1. The molecular formula is C8H13NO6. The highest BCUT2D eigenvalue weighted by atomic mass is 16.6. The van der Waals surface area contributed by atoms with Crippen LogP contribution in [0.15, 0.2) is 0 Å². The fourth-order valence-electron chi connectivity index (χ4n) is 1.06. The summed E-state index contributed by atoms with van der Waals surface area (Å²) in [4.78, 5) is 22.9. The number of carboxylic acids is 1. The Morgan fingerprint density at radius 1 is 1.47 bits per heavy atom. The standard InChI is InChI=1S/C8H13NO6/c10-1-2-14-8(13)4-9(3-7(11)12)6-5-15-6/h6,10H,1-5H2,(H,11,12). The van der Waals surface area contributed by atoms with Crippen molar-refractivity contribution in [1.82, 2.24) is 4.90 Å². The Morgan fingerprint density at radius 3 is 2.60 bits per heavy atom. The van der Waals surface area contributed by atoms with E-state index in [1.165, 1.54) is 4.90 Å². The first-order chi connectivity index (χ1) is 7.13. The molecule has 1 aliphatic heterocycles. The molecule has 0 spiro atoms. The number of nitrogens with zero attached hydrogens (tertiary/aromatic N) is 1. The Morgan fingerprint density at radius 2 is 2.13 bits per heavy atom. The fourth-order valence-corrected chi connectivity index (χ4v) is 1.06. The van der Waals surface area contributed by atoms with Crippen LogP contribution in [0.3, 0.4) is 0 Å². The van der Waals surface area contributed by atoms with Gasteiger partial charge < -0.3 is 19.7 Å². The van der Waals surface area contributed by atoms with Crippen molar-refractivity contribution in [3.05, 3.63) is 0 Å². The van der Waals surface area contributed by atoms with Crippen molar-refractivity contribution >= 4 is 11.9 Å². The van der Waals surface area contributed by atoms with Gasteiger partial charge in [-0.05, 0) is 0 Å². The lowest BCUT2D eigenvalue weighted by Crippen LogP contribution is -2.37. The Balaban J connectivity index is 2.30. The molecule has 1 fully saturated rings. The van der Waals surface area contributed by atoms with Crippen LogP contribution in [0.2, 0.25) is 0 Å². The fraction of sp³-hybridized carbons (Fsp3) is 0.750. The summed E-state index contributed by atoms with van der Waals surface area (Å²) in [5.74, 6) is -1.60. The van der Waals surface area contributed by atoms with E-state index >= 15 is 0 Å². The summed E-state index contributed by atoms with van der Waals surface area (Å²) in [6.45, 7) is -0.299. The summed E-state index contributed by atoms with van der Waals surface area (Å²) in [6, 6.07) is 0.